The summed E-state index contributed by atoms with van der Waals surface area (Å²) >= 11 is 1.56. The van der Waals surface area contributed by atoms with Crippen molar-refractivity contribution in [1.82, 2.24) is 8.61 Å². The summed E-state index contributed by atoms with van der Waals surface area (Å²) in [4.78, 5) is 1.03. The van der Waals surface area contributed by atoms with Crippen LogP contribution in [-0.2, 0) is 16.8 Å². The molecule has 2 rings (SSSR count). The molecular formula is C13H22N2O3S2. The minimum Gasteiger partial charge on any atom is -0.396 e. The quantitative estimate of drug-likeness (QED) is 0.832. The molecule has 0 radical (unpaired) electrons. The maximum atomic E-state index is 12.7. The minimum atomic E-state index is -3.41. The Labute approximate surface area is 125 Å². The first-order valence-electron chi connectivity index (χ1n) is 7.03. The van der Waals surface area contributed by atoms with E-state index in [2.05, 4.69) is 0 Å². The van der Waals surface area contributed by atoms with E-state index in [9.17, 15) is 8.42 Å². The molecule has 5 nitrogen and oxygen atoms in total. The highest BCUT2D eigenvalue weighted by molar-refractivity contribution is 7.86. The fraction of sp³-hybridized carbons (Fsp3) is 0.692. The molecular weight excluding hydrogens is 296 g/mol. The Balaban J connectivity index is 2.11. The zero-order valence-electron chi connectivity index (χ0n) is 11.6. The van der Waals surface area contributed by atoms with Gasteiger partial charge in [-0.3, -0.25) is 0 Å². The summed E-state index contributed by atoms with van der Waals surface area (Å²) in [5.74, 6) is 0. The predicted octanol–water partition coefficient (Wildman–Crippen LogP) is 1.66. The van der Waals surface area contributed by atoms with Crippen LogP contribution in [0.2, 0.25) is 0 Å². The van der Waals surface area contributed by atoms with Gasteiger partial charge in [0.05, 0.1) is 0 Å². The third-order valence-corrected chi connectivity index (χ3v) is 6.29. The Morgan fingerprint density at radius 1 is 1.30 bits per heavy atom. The largest absolute Gasteiger partial charge is 0.396 e. The van der Waals surface area contributed by atoms with Crippen molar-refractivity contribution in [2.45, 2.75) is 32.2 Å². The second kappa shape index (κ2) is 7.51. The third kappa shape index (κ3) is 4.02. The van der Waals surface area contributed by atoms with Crippen molar-refractivity contribution in [3.63, 3.8) is 0 Å². The predicted molar refractivity (Wildman–Crippen MR) is 80.8 cm³/mol. The number of piperidine rings is 1. The molecule has 0 aliphatic carbocycles. The van der Waals surface area contributed by atoms with Gasteiger partial charge in [0.2, 0.25) is 0 Å². The maximum Gasteiger partial charge on any atom is 0.282 e. The smallest absolute Gasteiger partial charge is 0.282 e. The van der Waals surface area contributed by atoms with Crippen LogP contribution in [0.25, 0.3) is 0 Å². The van der Waals surface area contributed by atoms with E-state index < -0.39 is 10.2 Å². The standard InChI is InChI=1S/C13H22N2O3S2/c16-10-5-9-15(12-13-6-4-11-19-13)20(17,18)14-7-2-1-3-8-14/h4,6,11,16H,1-3,5,7-10,12H2. The van der Waals surface area contributed by atoms with E-state index in [0.29, 0.717) is 32.6 Å². The van der Waals surface area contributed by atoms with Crippen LogP contribution in [0.15, 0.2) is 17.5 Å². The lowest BCUT2D eigenvalue weighted by atomic mass is 10.2. The molecule has 20 heavy (non-hydrogen) atoms. The van der Waals surface area contributed by atoms with Crippen LogP contribution >= 0.6 is 11.3 Å². The first-order valence-corrected chi connectivity index (χ1v) is 9.30. The van der Waals surface area contributed by atoms with Crippen molar-refractivity contribution < 1.29 is 13.5 Å². The first kappa shape index (κ1) is 15.9. The van der Waals surface area contributed by atoms with Gasteiger partial charge in [0, 0.05) is 37.7 Å². The summed E-state index contributed by atoms with van der Waals surface area (Å²) in [6.45, 7) is 2.00. The molecule has 1 aliphatic rings. The molecule has 114 valence electrons. The Bertz CT molecular complexity index is 482. The number of thiophene rings is 1. The van der Waals surface area contributed by atoms with E-state index >= 15 is 0 Å². The number of hydrogen-bond donors (Lipinski definition) is 1. The van der Waals surface area contributed by atoms with Gasteiger partial charge in [0.25, 0.3) is 10.2 Å². The molecule has 0 bridgehead atoms. The SMILES string of the molecule is O=S(=O)(N1CCCCC1)N(CCCO)Cc1cccs1. The lowest BCUT2D eigenvalue weighted by molar-refractivity contribution is 0.256. The molecule has 0 atom stereocenters. The molecule has 1 fully saturated rings. The lowest BCUT2D eigenvalue weighted by Gasteiger charge is -2.31. The summed E-state index contributed by atoms with van der Waals surface area (Å²) in [6.07, 6.45) is 3.45. The molecule has 1 N–H and O–H groups in total. The second-order valence-corrected chi connectivity index (χ2v) is 7.92. The minimum absolute atomic E-state index is 0.0104. The van der Waals surface area contributed by atoms with Crippen molar-refractivity contribution in [3.8, 4) is 0 Å². The lowest BCUT2D eigenvalue weighted by Crippen LogP contribution is -2.46. The van der Waals surface area contributed by atoms with Crippen LogP contribution in [0, 0.1) is 0 Å². The van der Waals surface area contributed by atoms with Gasteiger partial charge in [-0.05, 0) is 30.7 Å². The molecule has 0 aromatic carbocycles. The average molecular weight is 318 g/mol. The molecule has 1 aromatic heterocycles. The zero-order chi connectivity index (χ0) is 14.4. The van der Waals surface area contributed by atoms with Crippen molar-refractivity contribution >= 4 is 21.5 Å². The molecule has 1 aliphatic heterocycles. The highest BCUT2D eigenvalue weighted by Gasteiger charge is 2.30. The number of aliphatic hydroxyl groups excluding tert-OH is 1. The molecule has 1 saturated heterocycles. The Kier molecular flexibility index (Phi) is 5.98. The van der Waals surface area contributed by atoms with Gasteiger partial charge in [0.1, 0.15) is 0 Å². The highest BCUT2D eigenvalue weighted by Crippen LogP contribution is 2.20. The summed E-state index contributed by atoms with van der Waals surface area (Å²) in [6, 6.07) is 3.88. The second-order valence-electron chi connectivity index (χ2n) is 4.96. The number of nitrogens with zero attached hydrogens (tertiary/aromatic N) is 2. The number of rotatable bonds is 7. The number of aliphatic hydroxyl groups is 1. The third-order valence-electron chi connectivity index (χ3n) is 3.45. The van der Waals surface area contributed by atoms with E-state index in [0.717, 1.165) is 24.1 Å². The van der Waals surface area contributed by atoms with Crippen LogP contribution in [0.1, 0.15) is 30.6 Å². The highest BCUT2D eigenvalue weighted by atomic mass is 32.2. The monoisotopic (exact) mass is 318 g/mol. The van der Waals surface area contributed by atoms with E-state index in [1.165, 1.54) is 4.31 Å². The van der Waals surface area contributed by atoms with Gasteiger partial charge in [-0.1, -0.05) is 12.5 Å². The summed E-state index contributed by atoms with van der Waals surface area (Å²) < 4.78 is 28.5. The summed E-state index contributed by atoms with van der Waals surface area (Å²) in [5.41, 5.74) is 0. The molecule has 0 saturated carbocycles. The topological polar surface area (TPSA) is 60.9 Å². The van der Waals surface area contributed by atoms with E-state index in [-0.39, 0.29) is 6.61 Å². The first-order chi connectivity index (χ1) is 9.64. The van der Waals surface area contributed by atoms with Gasteiger partial charge < -0.3 is 5.11 Å². The molecule has 0 spiro atoms. The Morgan fingerprint density at radius 3 is 2.65 bits per heavy atom. The van der Waals surface area contributed by atoms with Crippen molar-refractivity contribution in [3.05, 3.63) is 22.4 Å². The average Bonchev–Trinajstić information content (AvgIpc) is 2.97. The van der Waals surface area contributed by atoms with E-state index in [4.69, 9.17) is 5.11 Å². The van der Waals surface area contributed by atoms with Crippen LogP contribution in [0.4, 0.5) is 0 Å². The van der Waals surface area contributed by atoms with Gasteiger partial charge >= 0.3 is 0 Å². The van der Waals surface area contributed by atoms with Crippen LogP contribution in [0.5, 0.6) is 0 Å². The van der Waals surface area contributed by atoms with E-state index in [1.807, 2.05) is 17.5 Å². The van der Waals surface area contributed by atoms with Crippen LogP contribution < -0.4 is 0 Å². The molecule has 7 heteroatoms. The van der Waals surface area contributed by atoms with Crippen LogP contribution in [0.3, 0.4) is 0 Å². The molecule has 0 unspecified atom stereocenters. The summed E-state index contributed by atoms with van der Waals surface area (Å²) in [7, 11) is -3.41. The maximum absolute atomic E-state index is 12.7. The van der Waals surface area contributed by atoms with Crippen molar-refractivity contribution in [2.75, 3.05) is 26.2 Å². The van der Waals surface area contributed by atoms with Crippen molar-refractivity contribution in [1.29, 1.82) is 0 Å². The molecule has 1 aromatic rings. The van der Waals surface area contributed by atoms with Gasteiger partial charge in [-0.2, -0.15) is 17.0 Å². The van der Waals surface area contributed by atoms with Gasteiger partial charge in [-0.15, -0.1) is 11.3 Å². The van der Waals surface area contributed by atoms with Crippen molar-refractivity contribution in [2.24, 2.45) is 0 Å². The van der Waals surface area contributed by atoms with Gasteiger partial charge in [0.15, 0.2) is 0 Å². The van der Waals surface area contributed by atoms with E-state index in [1.54, 1.807) is 15.6 Å². The Morgan fingerprint density at radius 2 is 2.05 bits per heavy atom. The summed E-state index contributed by atoms with van der Waals surface area (Å²) in [5, 5.41) is 10.9. The molecule has 2 heterocycles. The molecule has 0 amide bonds. The number of hydrogen-bond acceptors (Lipinski definition) is 4. The fourth-order valence-electron chi connectivity index (χ4n) is 2.36. The normalized spacial score (nSPS) is 17.7. The van der Waals surface area contributed by atoms with Gasteiger partial charge in [-0.25, -0.2) is 0 Å². The zero-order valence-corrected chi connectivity index (χ0v) is 13.2. The fourth-order valence-corrected chi connectivity index (χ4v) is 4.87. The van der Waals surface area contributed by atoms with Crippen LogP contribution in [-0.4, -0.2) is 48.4 Å². The Hall–Kier alpha value is -0.470.